The lowest BCUT2D eigenvalue weighted by Crippen LogP contribution is -2.46. The summed E-state index contributed by atoms with van der Waals surface area (Å²) < 4.78 is 5.14. The molecule has 0 bridgehead atoms. The summed E-state index contributed by atoms with van der Waals surface area (Å²) in [6.07, 6.45) is 1.55. The minimum atomic E-state index is 0.471. The average molecular weight is 319 g/mol. The molecule has 0 N–H and O–H groups in total. The Labute approximate surface area is 133 Å². The summed E-state index contributed by atoms with van der Waals surface area (Å²) in [5, 5.41) is 13.2. The van der Waals surface area contributed by atoms with Crippen molar-refractivity contribution in [2.75, 3.05) is 31.1 Å². The number of anilines is 1. The van der Waals surface area contributed by atoms with E-state index in [0.29, 0.717) is 28.8 Å². The number of aromatic nitrogens is 3. The number of aryl methyl sites for hydroxylation is 1. The first-order valence-corrected chi connectivity index (χ1v) is 7.35. The van der Waals surface area contributed by atoms with Crippen molar-refractivity contribution in [2.24, 2.45) is 0 Å². The second-order valence-electron chi connectivity index (χ2n) is 5.14. The van der Waals surface area contributed by atoms with Crippen LogP contribution in [0.25, 0.3) is 0 Å². The number of pyridine rings is 1. The zero-order valence-corrected chi connectivity index (χ0v) is 12.9. The minimum absolute atomic E-state index is 0.471. The Morgan fingerprint density at radius 3 is 2.73 bits per heavy atom. The number of hydrogen-bond donors (Lipinski definition) is 0. The molecule has 2 aromatic heterocycles. The molecule has 2 aromatic rings. The van der Waals surface area contributed by atoms with Gasteiger partial charge in [-0.15, -0.1) is 0 Å². The van der Waals surface area contributed by atoms with E-state index in [-0.39, 0.29) is 0 Å². The predicted molar refractivity (Wildman–Crippen MR) is 80.5 cm³/mol. The van der Waals surface area contributed by atoms with E-state index in [4.69, 9.17) is 21.4 Å². The van der Waals surface area contributed by atoms with Crippen molar-refractivity contribution in [3.05, 3.63) is 34.6 Å². The van der Waals surface area contributed by atoms with Crippen LogP contribution in [-0.2, 0) is 6.54 Å². The SMILES string of the molecule is Cc1noc(CN2CCN(c3ncc(C#N)cc3Cl)CC2)n1. The zero-order chi connectivity index (χ0) is 15.5. The lowest BCUT2D eigenvalue weighted by atomic mass is 10.2. The Hall–Kier alpha value is -2.17. The lowest BCUT2D eigenvalue weighted by Gasteiger charge is -2.35. The van der Waals surface area contributed by atoms with Crippen molar-refractivity contribution in [1.29, 1.82) is 5.26 Å². The third-order valence-corrected chi connectivity index (χ3v) is 3.83. The monoisotopic (exact) mass is 318 g/mol. The molecule has 3 heterocycles. The number of piperazine rings is 1. The van der Waals surface area contributed by atoms with Crippen molar-refractivity contribution in [1.82, 2.24) is 20.0 Å². The van der Waals surface area contributed by atoms with Crippen LogP contribution in [0.15, 0.2) is 16.8 Å². The zero-order valence-electron chi connectivity index (χ0n) is 12.2. The highest BCUT2D eigenvalue weighted by molar-refractivity contribution is 6.33. The lowest BCUT2D eigenvalue weighted by molar-refractivity contribution is 0.215. The summed E-state index contributed by atoms with van der Waals surface area (Å²) in [5.74, 6) is 2.02. The molecule has 7 nitrogen and oxygen atoms in total. The third-order valence-electron chi connectivity index (χ3n) is 3.55. The molecular formula is C14H15ClN6O. The fraction of sp³-hybridized carbons (Fsp3) is 0.429. The van der Waals surface area contributed by atoms with Crippen LogP contribution in [0.5, 0.6) is 0 Å². The molecule has 0 aliphatic carbocycles. The minimum Gasteiger partial charge on any atom is -0.353 e. The first-order chi connectivity index (χ1) is 10.7. The molecule has 0 unspecified atom stereocenters. The van der Waals surface area contributed by atoms with Gasteiger partial charge in [0.05, 0.1) is 17.1 Å². The second kappa shape index (κ2) is 6.30. The molecule has 0 aromatic carbocycles. The third kappa shape index (κ3) is 3.18. The standard InChI is InChI=1S/C14H15ClN6O/c1-10-18-13(22-19-10)9-20-2-4-21(5-3-20)14-12(15)6-11(7-16)8-17-14/h6,8H,2-5,9H2,1H3. The summed E-state index contributed by atoms with van der Waals surface area (Å²) in [6.45, 7) is 5.81. The van der Waals surface area contributed by atoms with Gasteiger partial charge in [-0.3, -0.25) is 4.90 Å². The quantitative estimate of drug-likeness (QED) is 0.850. The highest BCUT2D eigenvalue weighted by Crippen LogP contribution is 2.25. The van der Waals surface area contributed by atoms with E-state index in [1.54, 1.807) is 12.3 Å². The van der Waals surface area contributed by atoms with Crippen molar-refractivity contribution < 1.29 is 4.52 Å². The van der Waals surface area contributed by atoms with Gasteiger partial charge in [-0.2, -0.15) is 10.2 Å². The smallest absolute Gasteiger partial charge is 0.240 e. The maximum Gasteiger partial charge on any atom is 0.240 e. The Morgan fingerprint density at radius 2 is 2.14 bits per heavy atom. The van der Waals surface area contributed by atoms with Crippen LogP contribution >= 0.6 is 11.6 Å². The van der Waals surface area contributed by atoms with Gasteiger partial charge >= 0.3 is 0 Å². The molecule has 1 saturated heterocycles. The second-order valence-corrected chi connectivity index (χ2v) is 5.55. The van der Waals surface area contributed by atoms with E-state index in [0.717, 1.165) is 32.0 Å². The van der Waals surface area contributed by atoms with E-state index in [1.807, 2.05) is 13.0 Å². The topological polar surface area (TPSA) is 82.1 Å². The number of nitriles is 1. The fourth-order valence-corrected chi connectivity index (χ4v) is 2.72. The molecule has 114 valence electrons. The average Bonchev–Trinajstić information content (AvgIpc) is 2.93. The van der Waals surface area contributed by atoms with Gasteiger partial charge in [-0.1, -0.05) is 16.8 Å². The van der Waals surface area contributed by atoms with Crippen LogP contribution < -0.4 is 4.90 Å². The maximum absolute atomic E-state index is 8.85. The Kier molecular flexibility index (Phi) is 4.22. The van der Waals surface area contributed by atoms with Crippen molar-refractivity contribution in [3.63, 3.8) is 0 Å². The van der Waals surface area contributed by atoms with E-state index in [9.17, 15) is 0 Å². The molecule has 0 atom stereocenters. The molecule has 3 rings (SSSR count). The summed E-state index contributed by atoms with van der Waals surface area (Å²) in [6, 6.07) is 3.69. The highest BCUT2D eigenvalue weighted by atomic mass is 35.5. The molecule has 1 aliphatic rings. The van der Waals surface area contributed by atoms with Gasteiger partial charge in [0.25, 0.3) is 0 Å². The van der Waals surface area contributed by atoms with Gasteiger partial charge in [-0.25, -0.2) is 4.98 Å². The Morgan fingerprint density at radius 1 is 1.36 bits per heavy atom. The van der Waals surface area contributed by atoms with Gasteiger partial charge in [0.2, 0.25) is 5.89 Å². The van der Waals surface area contributed by atoms with Crippen LogP contribution in [0.1, 0.15) is 17.3 Å². The van der Waals surface area contributed by atoms with Gasteiger partial charge in [0, 0.05) is 32.4 Å². The fourth-order valence-electron chi connectivity index (χ4n) is 2.44. The predicted octanol–water partition coefficient (Wildman–Crippen LogP) is 1.62. The highest BCUT2D eigenvalue weighted by Gasteiger charge is 2.21. The molecule has 1 aliphatic heterocycles. The number of hydrogen-bond acceptors (Lipinski definition) is 7. The molecule has 0 radical (unpaired) electrons. The molecular weight excluding hydrogens is 304 g/mol. The number of rotatable bonds is 3. The van der Waals surface area contributed by atoms with Gasteiger partial charge in [0.15, 0.2) is 5.82 Å². The van der Waals surface area contributed by atoms with Gasteiger partial charge < -0.3 is 9.42 Å². The summed E-state index contributed by atoms with van der Waals surface area (Å²) in [4.78, 5) is 12.9. The van der Waals surface area contributed by atoms with E-state index < -0.39 is 0 Å². The summed E-state index contributed by atoms with van der Waals surface area (Å²) in [7, 11) is 0. The van der Waals surface area contributed by atoms with E-state index in [1.165, 1.54) is 0 Å². The summed E-state index contributed by atoms with van der Waals surface area (Å²) >= 11 is 6.21. The van der Waals surface area contributed by atoms with Crippen molar-refractivity contribution >= 4 is 17.4 Å². The molecule has 22 heavy (non-hydrogen) atoms. The molecule has 8 heteroatoms. The van der Waals surface area contributed by atoms with Crippen LogP contribution in [0.3, 0.4) is 0 Å². The van der Waals surface area contributed by atoms with Crippen LogP contribution in [0, 0.1) is 18.3 Å². The van der Waals surface area contributed by atoms with Crippen molar-refractivity contribution in [2.45, 2.75) is 13.5 Å². The normalized spacial score (nSPS) is 15.8. The Bertz CT molecular complexity index is 702. The largest absolute Gasteiger partial charge is 0.353 e. The first kappa shape index (κ1) is 14.8. The number of halogens is 1. The van der Waals surface area contributed by atoms with E-state index >= 15 is 0 Å². The number of nitrogens with zero attached hydrogens (tertiary/aromatic N) is 6. The van der Waals surface area contributed by atoms with Crippen LogP contribution in [0.4, 0.5) is 5.82 Å². The van der Waals surface area contributed by atoms with Crippen LogP contribution in [-0.4, -0.2) is 46.2 Å². The molecule has 0 spiro atoms. The molecule has 0 saturated carbocycles. The van der Waals surface area contributed by atoms with Gasteiger partial charge in [0.1, 0.15) is 11.9 Å². The van der Waals surface area contributed by atoms with E-state index in [2.05, 4.69) is 24.9 Å². The molecule has 1 fully saturated rings. The van der Waals surface area contributed by atoms with Crippen LogP contribution in [0.2, 0.25) is 5.02 Å². The summed E-state index contributed by atoms with van der Waals surface area (Å²) in [5.41, 5.74) is 0.471. The van der Waals surface area contributed by atoms with Crippen molar-refractivity contribution in [3.8, 4) is 6.07 Å². The Balaban J connectivity index is 1.61. The molecule has 0 amide bonds. The van der Waals surface area contributed by atoms with Gasteiger partial charge in [-0.05, 0) is 13.0 Å². The first-order valence-electron chi connectivity index (χ1n) is 6.98. The maximum atomic E-state index is 8.85.